The highest BCUT2D eigenvalue weighted by atomic mass is 16.2. The van der Waals surface area contributed by atoms with Crippen LogP contribution in [0.5, 0.6) is 0 Å². The summed E-state index contributed by atoms with van der Waals surface area (Å²) in [7, 11) is 0. The Kier molecular flexibility index (Phi) is 3.88. The molecule has 1 aliphatic rings. The van der Waals surface area contributed by atoms with Gasteiger partial charge in [0, 0.05) is 26.2 Å². The van der Waals surface area contributed by atoms with Crippen molar-refractivity contribution in [3.63, 3.8) is 0 Å². The molecule has 2 heterocycles. The Morgan fingerprint density at radius 3 is 2.83 bits per heavy atom. The van der Waals surface area contributed by atoms with Crippen LogP contribution in [0.4, 0.5) is 0 Å². The van der Waals surface area contributed by atoms with E-state index >= 15 is 0 Å². The Balaban J connectivity index is 1.93. The average Bonchev–Trinajstić information content (AvgIpc) is 2.76. The van der Waals surface area contributed by atoms with Gasteiger partial charge in [0.05, 0.1) is 12.7 Å². The zero-order chi connectivity index (χ0) is 13.0. The number of carbonyl (C=O) groups excluding carboxylic acids is 2. The van der Waals surface area contributed by atoms with Crippen molar-refractivity contribution in [3.8, 4) is 0 Å². The number of H-pyrrole nitrogens is 1. The number of hydrogen-bond acceptors (Lipinski definition) is 5. The van der Waals surface area contributed by atoms with Gasteiger partial charge in [-0.25, -0.2) is 0 Å². The largest absolute Gasteiger partial charge is 0.369 e. The standard InChI is InChI=1S/C10H16N6O2/c11-9(17)7-15-2-1-3-16(5-4-15)10(18)8-6-12-14-13-8/h6H,1-5,7H2,(H2,11,17)(H,12,13,14). The second kappa shape index (κ2) is 5.58. The van der Waals surface area contributed by atoms with Crippen molar-refractivity contribution in [2.75, 3.05) is 32.7 Å². The third kappa shape index (κ3) is 3.04. The minimum absolute atomic E-state index is 0.135. The van der Waals surface area contributed by atoms with Gasteiger partial charge >= 0.3 is 0 Å². The zero-order valence-corrected chi connectivity index (χ0v) is 10.0. The number of rotatable bonds is 3. The van der Waals surface area contributed by atoms with Crippen LogP contribution in [-0.2, 0) is 4.79 Å². The van der Waals surface area contributed by atoms with Crippen molar-refractivity contribution in [2.45, 2.75) is 6.42 Å². The molecule has 0 radical (unpaired) electrons. The van der Waals surface area contributed by atoms with E-state index in [-0.39, 0.29) is 18.4 Å². The first-order valence-corrected chi connectivity index (χ1v) is 5.82. The second-order valence-electron chi connectivity index (χ2n) is 4.24. The van der Waals surface area contributed by atoms with Crippen LogP contribution >= 0.6 is 0 Å². The first-order valence-electron chi connectivity index (χ1n) is 5.82. The number of amides is 2. The lowest BCUT2D eigenvalue weighted by Crippen LogP contribution is -2.38. The molecule has 8 heteroatoms. The summed E-state index contributed by atoms with van der Waals surface area (Å²) in [6, 6.07) is 0. The van der Waals surface area contributed by atoms with Crippen molar-refractivity contribution in [3.05, 3.63) is 11.9 Å². The van der Waals surface area contributed by atoms with Crippen LogP contribution in [0.3, 0.4) is 0 Å². The van der Waals surface area contributed by atoms with E-state index in [1.165, 1.54) is 6.20 Å². The molecule has 2 rings (SSSR count). The molecule has 0 saturated carbocycles. The Morgan fingerprint density at radius 2 is 2.17 bits per heavy atom. The zero-order valence-electron chi connectivity index (χ0n) is 10.0. The monoisotopic (exact) mass is 252 g/mol. The molecule has 1 saturated heterocycles. The van der Waals surface area contributed by atoms with E-state index in [1.807, 2.05) is 4.90 Å². The highest BCUT2D eigenvalue weighted by Gasteiger charge is 2.22. The van der Waals surface area contributed by atoms with Gasteiger partial charge in [0.2, 0.25) is 5.91 Å². The number of nitrogens with zero attached hydrogens (tertiary/aromatic N) is 4. The van der Waals surface area contributed by atoms with Crippen molar-refractivity contribution < 1.29 is 9.59 Å². The molecule has 98 valence electrons. The van der Waals surface area contributed by atoms with Gasteiger partial charge < -0.3 is 10.6 Å². The molecule has 0 atom stereocenters. The summed E-state index contributed by atoms with van der Waals surface area (Å²) in [5, 5.41) is 9.82. The maximum Gasteiger partial charge on any atom is 0.276 e. The molecule has 8 nitrogen and oxygen atoms in total. The molecule has 1 aromatic rings. The Bertz CT molecular complexity index is 418. The van der Waals surface area contributed by atoms with Crippen LogP contribution in [0.1, 0.15) is 16.9 Å². The fourth-order valence-corrected chi connectivity index (χ4v) is 2.02. The fraction of sp³-hybridized carbons (Fsp3) is 0.600. The molecule has 0 unspecified atom stereocenters. The Morgan fingerprint density at radius 1 is 1.33 bits per heavy atom. The minimum Gasteiger partial charge on any atom is -0.369 e. The molecule has 0 spiro atoms. The van der Waals surface area contributed by atoms with E-state index in [9.17, 15) is 9.59 Å². The molecular weight excluding hydrogens is 236 g/mol. The number of nitrogens with two attached hydrogens (primary N) is 1. The molecular formula is C10H16N6O2. The summed E-state index contributed by atoms with van der Waals surface area (Å²) < 4.78 is 0. The van der Waals surface area contributed by atoms with Gasteiger partial charge in [-0.3, -0.25) is 14.5 Å². The van der Waals surface area contributed by atoms with E-state index < -0.39 is 0 Å². The smallest absolute Gasteiger partial charge is 0.276 e. The number of nitrogens with one attached hydrogen (secondary N) is 1. The summed E-state index contributed by atoms with van der Waals surface area (Å²) in [5.41, 5.74) is 5.48. The summed E-state index contributed by atoms with van der Waals surface area (Å²) >= 11 is 0. The number of aromatic amines is 1. The van der Waals surface area contributed by atoms with E-state index in [1.54, 1.807) is 4.90 Å². The van der Waals surface area contributed by atoms with Crippen LogP contribution in [-0.4, -0.2) is 69.7 Å². The van der Waals surface area contributed by atoms with Crippen molar-refractivity contribution in [1.29, 1.82) is 0 Å². The first-order chi connectivity index (χ1) is 8.66. The van der Waals surface area contributed by atoms with Gasteiger partial charge in [0.1, 0.15) is 0 Å². The van der Waals surface area contributed by atoms with E-state index in [2.05, 4.69) is 15.4 Å². The third-order valence-corrected chi connectivity index (χ3v) is 2.89. The molecule has 2 amide bonds. The van der Waals surface area contributed by atoms with Gasteiger partial charge in [-0.15, -0.1) is 0 Å². The van der Waals surface area contributed by atoms with Crippen molar-refractivity contribution in [2.24, 2.45) is 5.73 Å². The quantitative estimate of drug-likeness (QED) is 0.676. The van der Waals surface area contributed by atoms with Crippen molar-refractivity contribution in [1.82, 2.24) is 25.2 Å². The number of hydrogen-bond donors (Lipinski definition) is 2. The highest BCUT2D eigenvalue weighted by molar-refractivity contribution is 5.91. The Hall–Kier alpha value is -1.96. The normalized spacial score (nSPS) is 17.4. The van der Waals surface area contributed by atoms with Crippen LogP contribution in [0.25, 0.3) is 0 Å². The van der Waals surface area contributed by atoms with Crippen LogP contribution in [0.15, 0.2) is 6.20 Å². The molecule has 0 aliphatic carbocycles. The average molecular weight is 252 g/mol. The fourth-order valence-electron chi connectivity index (χ4n) is 2.02. The summed E-state index contributed by atoms with van der Waals surface area (Å²) in [6.45, 7) is 2.88. The summed E-state index contributed by atoms with van der Waals surface area (Å²) in [5.74, 6) is -0.476. The van der Waals surface area contributed by atoms with Crippen LogP contribution in [0.2, 0.25) is 0 Å². The van der Waals surface area contributed by atoms with Gasteiger partial charge in [-0.2, -0.15) is 15.4 Å². The molecule has 1 aromatic heterocycles. The SMILES string of the molecule is NC(=O)CN1CCCN(C(=O)c2cn[nH]n2)CC1. The molecule has 1 aliphatic heterocycles. The van der Waals surface area contributed by atoms with E-state index in [0.717, 1.165) is 13.0 Å². The summed E-state index contributed by atoms with van der Waals surface area (Å²) in [6.07, 6.45) is 2.23. The van der Waals surface area contributed by atoms with Gasteiger partial charge in [0.25, 0.3) is 5.91 Å². The molecule has 3 N–H and O–H groups in total. The predicted octanol–water partition coefficient (Wildman–Crippen LogP) is -1.56. The highest BCUT2D eigenvalue weighted by Crippen LogP contribution is 2.06. The lowest BCUT2D eigenvalue weighted by molar-refractivity contribution is -0.119. The van der Waals surface area contributed by atoms with Crippen LogP contribution in [0, 0.1) is 0 Å². The predicted molar refractivity (Wildman–Crippen MR) is 62.5 cm³/mol. The number of aromatic nitrogens is 3. The van der Waals surface area contributed by atoms with E-state index in [0.29, 0.717) is 25.3 Å². The van der Waals surface area contributed by atoms with Crippen LogP contribution < -0.4 is 5.73 Å². The molecule has 1 fully saturated rings. The topological polar surface area (TPSA) is 108 Å². The lowest BCUT2D eigenvalue weighted by atomic mass is 10.3. The second-order valence-corrected chi connectivity index (χ2v) is 4.24. The maximum atomic E-state index is 12.0. The minimum atomic E-state index is -0.341. The summed E-state index contributed by atoms with van der Waals surface area (Å²) in [4.78, 5) is 26.6. The first kappa shape index (κ1) is 12.5. The van der Waals surface area contributed by atoms with Gasteiger partial charge in [-0.1, -0.05) is 0 Å². The third-order valence-electron chi connectivity index (χ3n) is 2.89. The number of primary amides is 1. The Labute approximate surface area is 104 Å². The number of carbonyl (C=O) groups is 2. The molecule has 0 bridgehead atoms. The molecule has 0 aromatic carbocycles. The van der Waals surface area contributed by atoms with Gasteiger partial charge in [0.15, 0.2) is 5.69 Å². The lowest BCUT2D eigenvalue weighted by Gasteiger charge is -2.20. The maximum absolute atomic E-state index is 12.0. The van der Waals surface area contributed by atoms with Crippen molar-refractivity contribution >= 4 is 11.8 Å². The molecule has 18 heavy (non-hydrogen) atoms. The van der Waals surface area contributed by atoms with Gasteiger partial charge in [-0.05, 0) is 6.42 Å². The van der Waals surface area contributed by atoms with E-state index in [4.69, 9.17) is 5.73 Å².